The number of hydrogen-bond acceptors (Lipinski definition) is 2. The maximum absolute atomic E-state index is 9.04. The third kappa shape index (κ3) is 1.98. The Morgan fingerprint density at radius 1 is 1.29 bits per heavy atom. The number of fused-ring (bicyclic) bond motifs is 1. The van der Waals surface area contributed by atoms with Crippen LogP contribution in [0.25, 0.3) is 0 Å². The summed E-state index contributed by atoms with van der Waals surface area (Å²) in [5, 5.41) is 9.04. The highest BCUT2D eigenvalue weighted by Gasteiger charge is 2.21. The van der Waals surface area contributed by atoms with Crippen LogP contribution in [-0.4, -0.2) is 15.1 Å². The van der Waals surface area contributed by atoms with E-state index in [4.69, 9.17) is 5.11 Å². The number of aromatic nitrogens is 2. The molecular weight excluding hydrogens is 212 g/mol. The fourth-order valence-electron chi connectivity index (χ4n) is 2.60. The summed E-state index contributed by atoms with van der Waals surface area (Å²) in [7, 11) is 0. The molecule has 0 saturated carbocycles. The summed E-state index contributed by atoms with van der Waals surface area (Å²) >= 11 is 0. The van der Waals surface area contributed by atoms with Crippen LogP contribution in [0, 0.1) is 0 Å². The van der Waals surface area contributed by atoms with Crippen LogP contribution in [0.2, 0.25) is 0 Å². The van der Waals surface area contributed by atoms with Crippen LogP contribution >= 0.6 is 0 Å². The third-order valence-corrected chi connectivity index (χ3v) is 3.55. The van der Waals surface area contributed by atoms with Gasteiger partial charge in [-0.2, -0.15) is 0 Å². The van der Waals surface area contributed by atoms with Crippen LogP contribution in [-0.2, 0) is 19.4 Å². The summed E-state index contributed by atoms with van der Waals surface area (Å²) in [5.41, 5.74) is 3.71. The lowest BCUT2D eigenvalue weighted by Gasteiger charge is -2.22. The zero-order valence-electron chi connectivity index (χ0n) is 9.69. The molecule has 2 aromatic rings. The van der Waals surface area contributed by atoms with Gasteiger partial charge in [-0.15, -0.1) is 0 Å². The van der Waals surface area contributed by atoms with Crippen LogP contribution in [0.4, 0.5) is 0 Å². The summed E-state index contributed by atoms with van der Waals surface area (Å²) in [6, 6.07) is 8.63. The van der Waals surface area contributed by atoms with E-state index in [-0.39, 0.29) is 6.61 Å². The number of hydrogen-bond donors (Lipinski definition) is 2. The van der Waals surface area contributed by atoms with Crippen molar-refractivity contribution in [3.05, 3.63) is 53.1 Å². The van der Waals surface area contributed by atoms with Crippen LogP contribution in [0.3, 0.4) is 0 Å². The van der Waals surface area contributed by atoms with Crippen LogP contribution in [0.5, 0.6) is 0 Å². The highest BCUT2D eigenvalue weighted by molar-refractivity contribution is 5.31. The maximum atomic E-state index is 9.04. The zero-order chi connectivity index (χ0) is 11.7. The van der Waals surface area contributed by atoms with Gasteiger partial charge in [-0.25, -0.2) is 4.98 Å². The summed E-state index contributed by atoms with van der Waals surface area (Å²) in [4.78, 5) is 7.57. The summed E-state index contributed by atoms with van der Waals surface area (Å²) in [6.07, 6.45) is 5.04. The predicted molar refractivity (Wildman–Crippen MR) is 65.7 cm³/mol. The standard InChI is InChI=1S/C14H16N2O/c17-9-13-8-15-14(16-13)12-6-5-10-3-1-2-4-11(10)7-12/h1-4,8,12,17H,5-7,9H2,(H,15,16). The fraction of sp³-hybridized carbons (Fsp3) is 0.357. The van der Waals surface area contributed by atoms with Gasteiger partial charge in [-0.1, -0.05) is 24.3 Å². The van der Waals surface area contributed by atoms with E-state index in [9.17, 15) is 0 Å². The number of rotatable bonds is 2. The molecule has 2 N–H and O–H groups in total. The first-order chi connectivity index (χ1) is 8.36. The second kappa shape index (κ2) is 4.34. The average molecular weight is 228 g/mol. The normalized spacial score (nSPS) is 19.0. The Hall–Kier alpha value is -1.61. The van der Waals surface area contributed by atoms with Crippen LogP contribution in [0.15, 0.2) is 30.5 Å². The monoisotopic (exact) mass is 228 g/mol. The minimum absolute atomic E-state index is 0.0380. The lowest BCUT2D eigenvalue weighted by molar-refractivity contribution is 0.277. The quantitative estimate of drug-likeness (QED) is 0.827. The molecule has 1 aromatic heterocycles. The number of aromatic amines is 1. The fourth-order valence-corrected chi connectivity index (χ4v) is 2.60. The number of aliphatic hydroxyl groups excluding tert-OH is 1. The van der Waals surface area contributed by atoms with Gasteiger partial charge in [-0.3, -0.25) is 0 Å². The Morgan fingerprint density at radius 2 is 2.12 bits per heavy atom. The van der Waals surface area contributed by atoms with Gasteiger partial charge >= 0.3 is 0 Å². The van der Waals surface area contributed by atoms with Gasteiger partial charge in [-0.05, 0) is 30.4 Å². The van der Waals surface area contributed by atoms with Crippen molar-refractivity contribution in [2.75, 3.05) is 0 Å². The van der Waals surface area contributed by atoms with Crippen molar-refractivity contribution in [2.45, 2.75) is 31.8 Å². The van der Waals surface area contributed by atoms with E-state index in [0.29, 0.717) is 5.92 Å². The topological polar surface area (TPSA) is 48.9 Å². The van der Waals surface area contributed by atoms with E-state index in [2.05, 4.69) is 34.2 Å². The van der Waals surface area contributed by atoms with E-state index in [1.54, 1.807) is 6.20 Å². The first-order valence-corrected chi connectivity index (χ1v) is 6.08. The minimum Gasteiger partial charge on any atom is -0.390 e. The van der Waals surface area contributed by atoms with Crippen molar-refractivity contribution in [3.63, 3.8) is 0 Å². The van der Waals surface area contributed by atoms with Crippen molar-refractivity contribution < 1.29 is 5.11 Å². The number of benzene rings is 1. The number of H-pyrrole nitrogens is 1. The van der Waals surface area contributed by atoms with Crippen molar-refractivity contribution >= 4 is 0 Å². The zero-order valence-corrected chi connectivity index (χ0v) is 9.69. The lowest BCUT2D eigenvalue weighted by Crippen LogP contribution is -2.13. The second-order valence-corrected chi connectivity index (χ2v) is 4.66. The Kier molecular flexibility index (Phi) is 2.69. The second-order valence-electron chi connectivity index (χ2n) is 4.66. The smallest absolute Gasteiger partial charge is 0.109 e. The molecule has 0 radical (unpaired) electrons. The number of aryl methyl sites for hydroxylation is 1. The van der Waals surface area contributed by atoms with Crippen molar-refractivity contribution in [2.24, 2.45) is 0 Å². The van der Waals surface area contributed by atoms with Crippen LogP contribution in [0.1, 0.15) is 35.0 Å². The molecule has 1 atom stereocenters. The number of aliphatic hydroxyl groups is 1. The highest BCUT2D eigenvalue weighted by atomic mass is 16.3. The van der Waals surface area contributed by atoms with Gasteiger partial charge in [0.05, 0.1) is 18.5 Å². The number of nitrogens with zero attached hydrogens (tertiary/aromatic N) is 1. The molecule has 0 aliphatic heterocycles. The summed E-state index contributed by atoms with van der Waals surface area (Å²) in [6.45, 7) is 0.0380. The van der Waals surface area contributed by atoms with Gasteiger partial charge in [0.15, 0.2) is 0 Å². The van der Waals surface area contributed by atoms with Gasteiger partial charge in [0.1, 0.15) is 5.82 Å². The maximum Gasteiger partial charge on any atom is 0.109 e. The van der Waals surface area contributed by atoms with E-state index in [1.807, 2.05) is 0 Å². The van der Waals surface area contributed by atoms with Crippen LogP contribution < -0.4 is 0 Å². The molecule has 17 heavy (non-hydrogen) atoms. The summed E-state index contributed by atoms with van der Waals surface area (Å²) < 4.78 is 0. The Bertz CT molecular complexity index is 518. The molecule has 1 aliphatic carbocycles. The van der Waals surface area contributed by atoms with E-state index in [0.717, 1.165) is 30.8 Å². The Morgan fingerprint density at radius 3 is 2.88 bits per heavy atom. The van der Waals surface area contributed by atoms with Gasteiger partial charge in [0.2, 0.25) is 0 Å². The number of imidazole rings is 1. The molecule has 3 heteroatoms. The van der Waals surface area contributed by atoms with Gasteiger partial charge < -0.3 is 10.1 Å². The third-order valence-electron chi connectivity index (χ3n) is 3.55. The predicted octanol–water partition coefficient (Wildman–Crippen LogP) is 2.17. The minimum atomic E-state index is 0.0380. The molecule has 3 nitrogen and oxygen atoms in total. The molecule has 1 aliphatic rings. The summed E-state index contributed by atoms with van der Waals surface area (Å²) in [5.74, 6) is 1.48. The molecule has 1 aromatic carbocycles. The number of nitrogens with one attached hydrogen (secondary N) is 1. The SMILES string of the molecule is OCc1cnc(C2CCc3ccccc3C2)[nH]1. The largest absolute Gasteiger partial charge is 0.390 e. The average Bonchev–Trinajstić information content (AvgIpc) is 2.87. The van der Waals surface area contributed by atoms with Crippen molar-refractivity contribution in [1.82, 2.24) is 9.97 Å². The molecule has 0 bridgehead atoms. The molecule has 0 amide bonds. The molecule has 1 heterocycles. The molecule has 0 spiro atoms. The first-order valence-electron chi connectivity index (χ1n) is 6.08. The lowest BCUT2D eigenvalue weighted by atomic mass is 9.83. The Balaban J connectivity index is 1.84. The highest BCUT2D eigenvalue weighted by Crippen LogP contribution is 2.30. The van der Waals surface area contributed by atoms with E-state index in [1.165, 1.54) is 11.1 Å². The molecule has 3 rings (SSSR count). The van der Waals surface area contributed by atoms with Gasteiger partial charge in [0, 0.05) is 5.92 Å². The molecular formula is C14H16N2O. The molecule has 88 valence electrons. The first kappa shape index (κ1) is 10.5. The van der Waals surface area contributed by atoms with Crippen molar-refractivity contribution in [1.29, 1.82) is 0 Å². The molecule has 1 unspecified atom stereocenters. The van der Waals surface area contributed by atoms with E-state index < -0.39 is 0 Å². The molecule has 0 saturated heterocycles. The van der Waals surface area contributed by atoms with E-state index >= 15 is 0 Å². The van der Waals surface area contributed by atoms with Gasteiger partial charge in [0.25, 0.3) is 0 Å². The Labute approximate surface area is 101 Å². The van der Waals surface area contributed by atoms with Crippen molar-refractivity contribution in [3.8, 4) is 0 Å². The molecule has 0 fully saturated rings.